The van der Waals surface area contributed by atoms with Crippen molar-refractivity contribution in [3.05, 3.63) is 77.1 Å². The molecule has 0 aliphatic heterocycles. The Morgan fingerprint density at radius 3 is 1.94 bits per heavy atom. The minimum atomic E-state index is -0.316. The topological polar surface area (TPSA) is 54.7 Å². The van der Waals surface area contributed by atoms with Gasteiger partial charge >= 0.3 is 0 Å². The van der Waals surface area contributed by atoms with Crippen LogP contribution in [0, 0.1) is 5.82 Å². The molecule has 0 bridgehead atoms. The molecule has 0 aliphatic carbocycles. The number of methoxy groups -OCH3 is 4. The molecule has 0 saturated heterocycles. The van der Waals surface area contributed by atoms with E-state index in [9.17, 15) is 4.39 Å². The molecular formula is C26H24ClFN2O4. The maximum Gasteiger partial charge on any atom is 0.161 e. The lowest BCUT2D eigenvalue weighted by Crippen LogP contribution is -2.04. The van der Waals surface area contributed by atoms with Crippen molar-refractivity contribution in [2.45, 2.75) is 6.54 Å². The molecule has 8 heteroatoms. The quantitative estimate of drug-likeness (QED) is 0.304. The van der Waals surface area contributed by atoms with Crippen molar-refractivity contribution < 1.29 is 23.3 Å². The summed E-state index contributed by atoms with van der Waals surface area (Å²) in [5.74, 6) is 1.99. The Morgan fingerprint density at radius 1 is 0.765 bits per heavy atom. The number of nitrogens with zero attached hydrogens (tertiary/aromatic N) is 2. The van der Waals surface area contributed by atoms with Crippen molar-refractivity contribution in [2.24, 2.45) is 0 Å². The third kappa shape index (κ3) is 4.52. The van der Waals surface area contributed by atoms with Crippen LogP contribution in [0.3, 0.4) is 0 Å². The minimum absolute atomic E-state index is 0.314. The van der Waals surface area contributed by atoms with E-state index >= 15 is 0 Å². The molecule has 0 spiro atoms. The minimum Gasteiger partial charge on any atom is -0.493 e. The molecule has 0 N–H and O–H groups in total. The van der Waals surface area contributed by atoms with E-state index < -0.39 is 0 Å². The fourth-order valence-corrected chi connectivity index (χ4v) is 4.14. The molecule has 6 nitrogen and oxygen atoms in total. The summed E-state index contributed by atoms with van der Waals surface area (Å²) in [6, 6.07) is 17.4. The number of ether oxygens (including phenoxy) is 4. The highest BCUT2D eigenvalue weighted by atomic mass is 35.5. The van der Waals surface area contributed by atoms with Crippen molar-refractivity contribution in [2.75, 3.05) is 28.4 Å². The first-order chi connectivity index (χ1) is 16.5. The van der Waals surface area contributed by atoms with E-state index in [1.165, 1.54) is 12.1 Å². The normalized spacial score (nSPS) is 10.8. The predicted molar refractivity (Wildman–Crippen MR) is 130 cm³/mol. The van der Waals surface area contributed by atoms with Crippen LogP contribution in [0.25, 0.3) is 22.5 Å². The van der Waals surface area contributed by atoms with Gasteiger partial charge in [-0.2, -0.15) is 5.10 Å². The van der Waals surface area contributed by atoms with Gasteiger partial charge in [0.15, 0.2) is 23.0 Å². The summed E-state index contributed by atoms with van der Waals surface area (Å²) >= 11 is 6.93. The molecular weight excluding hydrogens is 459 g/mol. The Balaban J connectivity index is 1.89. The highest BCUT2D eigenvalue weighted by Gasteiger charge is 2.22. The van der Waals surface area contributed by atoms with Crippen LogP contribution in [0.5, 0.6) is 23.0 Å². The van der Waals surface area contributed by atoms with Gasteiger partial charge in [0.25, 0.3) is 0 Å². The molecule has 0 aliphatic rings. The average Bonchev–Trinajstić information content (AvgIpc) is 3.18. The molecule has 1 heterocycles. The van der Waals surface area contributed by atoms with Crippen LogP contribution in [0.4, 0.5) is 4.39 Å². The van der Waals surface area contributed by atoms with Crippen LogP contribution >= 0.6 is 11.6 Å². The van der Waals surface area contributed by atoms with Gasteiger partial charge in [0.05, 0.1) is 45.7 Å². The third-order valence-electron chi connectivity index (χ3n) is 5.43. The van der Waals surface area contributed by atoms with Gasteiger partial charge in [0.1, 0.15) is 11.5 Å². The predicted octanol–water partition coefficient (Wildman–Crippen LogP) is 6.09. The summed E-state index contributed by atoms with van der Waals surface area (Å²) in [5.41, 5.74) is 3.50. The summed E-state index contributed by atoms with van der Waals surface area (Å²) in [7, 11) is 6.30. The maximum absolute atomic E-state index is 13.9. The van der Waals surface area contributed by atoms with E-state index in [1.807, 2.05) is 30.3 Å². The second-order valence-electron chi connectivity index (χ2n) is 7.44. The third-order valence-corrected chi connectivity index (χ3v) is 5.79. The molecule has 1 aromatic heterocycles. The van der Waals surface area contributed by atoms with Crippen LogP contribution in [0.1, 0.15) is 5.56 Å². The van der Waals surface area contributed by atoms with Crippen molar-refractivity contribution in [1.29, 1.82) is 0 Å². The highest BCUT2D eigenvalue weighted by molar-refractivity contribution is 6.35. The summed E-state index contributed by atoms with van der Waals surface area (Å²) < 4.78 is 37.3. The Hall–Kier alpha value is -3.71. The SMILES string of the molecule is COc1ccc(-c2nn(Cc3cccc(F)c3)c(-c3ccc(OC)c(OC)c3)c2Cl)cc1OC. The summed E-state index contributed by atoms with van der Waals surface area (Å²) in [5, 5.41) is 5.24. The molecule has 0 saturated carbocycles. The lowest BCUT2D eigenvalue weighted by molar-refractivity contribution is 0.355. The molecule has 0 fully saturated rings. The molecule has 176 valence electrons. The van der Waals surface area contributed by atoms with Gasteiger partial charge in [-0.3, -0.25) is 4.68 Å². The lowest BCUT2D eigenvalue weighted by atomic mass is 10.1. The first-order valence-electron chi connectivity index (χ1n) is 10.4. The van der Waals surface area contributed by atoms with E-state index in [0.29, 0.717) is 46.0 Å². The average molecular weight is 483 g/mol. The summed E-state index contributed by atoms with van der Waals surface area (Å²) in [4.78, 5) is 0. The monoisotopic (exact) mass is 482 g/mol. The summed E-state index contributed by atoms with van der Waals surface area (Å²) in [6.45, 7) is 0.314. The van der Waals surface area contributed by atoms with Gasteiger partial charge in [-0.1, -0.05) is 23.7 Å². The van der Waals surface area contributed by atoms with E-state index in [1.54, 1.807) is 51.3 Å². The van der Waals surface area contributed by atoms with Crippen LogP contribution in [0.15, 0.2) is 60.7 Å². The maximum atomic E-state index is 13.9. The Labute approximate surface area is 202 Å². The van der Waals surface area contributed by atoms with Gasteiger partial charge in [0, 0.05) is 11.1 Å². The molecule has 4 aromatic rings. The molecule has 34 heavy (non-hydrogen) atoms. The second kappa shape index (κ2) is 10.1. The molecule has 0 unspecified atom stereocenters. The van der Waals surface area contributed by atoms with Gasteiger partial charge in [0.2, 0.25) is 0 Å². The number of hydrogen-bond acceptors (Lipinski definition) is 5. The standard InChI is InChI=1S/C26H24ClFN2O4/c1-31-20-10-8-17(13-22(20)33-3)25-24(27)26(18-9-11-21(32-2)23(14-18)34-4)30(29-25)15-16-6-5-7-19(28)12-16/h5-14H,15H2,1-4H3. The van der Waals surface area contributed by atoms with E-state index in [0.717, 1.165) is 16.7 Å². The van der Waals surface area contributed by atoms with Crippen molar-refractivity contribution in [3.8, 4) is 45.5 Å². The Morgan fingerprint density at radius 2 is 1.35 bits per heavy atom. The van der Waals surface area contributed by atoms with Crippen LogP contribution in [-0.2, 0) is 6.54 Å². The Kier molecular flexibility index (Phi) is 6.93. The smallest absolute Gasteiger partial charge is 0.161 e. The zero-order valence-corrected chi connectivity index (χ0v) is 20.0. The second-order valence-corrected chi connectivity index (χ2v) is 7.82. The van der Waals surface area contributed by atoms with Crippen molar-refractivity contribution >= 4 is 11.6 Å². The molecule has 0 amide bonds. The van der Waals surface area contributed by atoms with Crippen LogP contribution < -0.4 is 18.9 Å². The number of rotatable bonds is 8. The Bertz CT molecular complexity index is 1320. The number of halogens is 2. The fraction of sp³-hybridized carbons (Fsp3) is 0.192. The van der Waals surface area contributed by atoms with Gasteiger partial charge < -0.3 is 18.9 Å². The van der Waals surface area contributed by atoms with E-state index in [4.69, 9.17) is 35.6 Å². The highest BCUT2D eigenvalue weighted by Crippen LogP contribution is 2.41. The van der Waals surface area contributed by atoms with Crippen LogP contribution in [-0.4, -0.2) is 38.2 Å². The number of aromatic nitrogens is 2. The van der Waals surface area contributed by atoms with E-state index in [-0.39, 0.29) is 5.82 Å². The molecule has 4 rings (SSSR count). The van der Waals surface area contributed by atoms with Gasteiger partial charge in [-0.05, 0) is 54.1 Å². The summed E-state index contributed by atoms with van der Waals surface area (Å²) in [6.07, 6.45) is 0. The zero-order valence-electron chi connectivity index (χ0n) is 19.3. The molecule has 0 atom stereocenters. The number of hydrogen-bond donors (Lipinski definition) is 0. The van der Waals surface area contributed by atoms with Gasteiger partial charge in [-0.25, -0.2) is 4.39 Å². The number of benzene rings is 3. The lowest BCUT2D eigenvalue weighted by Gasteiger charge is -2.12. The zero-order chi connectivity index (χ0) is 24.2. The largest absolute Gasteiger partial charge is 0.493 e. The van der Waals surface area contributed by atoms with E-state index in [2.05, 4.69) is 0 Å². The van der Waals surface area contributed by atoms with Crippen LogP contribution in [0.2, 0.25) is 5.02 Å². The first kappa shape index (κ1) is 23.4. The first-order valence-corrected chi connectivity index (χ1v) is 10.8. The fourth-order valence-electron chi connectivity index (χ4n) is 3.79. The molecule has 0 radical (unpaired) electrons. The van der Waals surface area contributed by atoms with Crippen molar-refractivity contribution in [1.82, 2.24) is 9.78 Å². The van der Waals surface area contributed by atoms with Crippen molar-refractivity contribution in [3.63, 3.8) is 0 Å². The van der Waals surface area contributed by atoms with Gasteiger partial charge in [-0.15, -0.1) is 0 Å². The molecule has 3 aromatic carbocycles.